The molecule has 0 radical (unpaired) electrons. The third kappa shape index (κ3) is 1.26. The van der Waals surface area contributed by atoms with Crippen LogP contribution in [0, 0.1) is 5.95 Å². The lowest BCUT2D eigenvalue weighted by Gasteiger charge is -1.91. The Hall–Kier alpha value is -0.900. The van der Waals surface area contributed by atoms with Crippen LogP contribution in [0.15, 0.2) is 6.20 Å². The standard InChI is InChI=1S/C4H3ClFN3/c5-3-4(6)9-2(7)1-8-3/h1H,(H2,7,9). The third-order valence-electron chi connectivity index (χ3n) is 0.708. The van der Waals surface area contributed by atoms with E-state index in [1.807, 2.05) is 0 Å². The summed E-state index contributed by atoms with van der Waals surface area (Å²) < 4.78 is 12.2. The zero-order valence-corrected chi connectivity index (χ0v) is 5.06. The number of nitrogen functional groups attached to an aromatic ring is 1. The van der Waals surface area contributed by atoms with Crippen LogP contribution in [0.2, 0.25) is 5.15 Å². The molecule has 1 aromatic heterocycles. The Bertz CT molecular complexity index is 227. The van der Waals surface area contributed by atoms with Gasteiger partial charge in [-0.3, -0.25) is 0 Å². The Morgan fingerprint density at radius 2 is 2.33 bits per heavy atom. The summed E-state index contributed by atoms with van der Waals surface area (Å²) in [5.41, 5.74) is 5.06. The maximum absolute atomic E-state index is 12.2. The quantitative estimate of drug-likeness (QED) is 0.592. The molecule has 1 aromatic rings. The van der Waals surface area contributed by atoms with Crippen LogP contribution < -0.4 is 5.73 Å². The van der Waals surface area contributed by atoms with Gasteiger partial charge in [0, 0.05) is 0 Å². The predicted octanol–water partition coefficient (Wildman–Crippen LogP) is 0.851. The largest absolute Gasteiger partial charge is 0.382 e. The van der Waals surface area contributed by atoms with Gasteiger partial charge in [0.2, 0.25) is 0 Å². The fourth-order valence-electron chi connectivity index (χ4n) is 0.364. The molecule has 0 saturated carbocycles. The molecule has 0 saturated heterocycles. The minimum Gasteiger partial charge on any atom is -0.382 e. The third-order valence-corrected chi connectivity index (χ3v) is 0.961. The maximum Gasteiger partial charge on any atom is 0.252 e. The van der Waals surface area contributed by atoms with Gasteiger partial charge in [-0.2, -0.15) is 9.37 Å². The first-order valence-corrected chi connectivity index (χ1v) is 2.51. The lowest BCUT2D eigenvalue weighted by atomic mass is 10.7. The zero-order valence-electron chi connectivity index (χ0n) is 4.31. The molecule has 0 spiro atoms. The first-order chi connectivity index (χ1) is 4.20. The topological polar surface area (TPSA) is 51.8 Å². The molecule has 1 rings (SSSR count). The van der Waals surface area contributed by atoms with Crippen LogP contribution in [0.25, 0.3) is 0 Å². The average molecular weight is 148 g/mol. The number of nitrogens with zero attached hydrogens (tertiary/aromatic N) is 2. The Labute approximate surface area is 55.7 Å². The van der Waals surface area contributed by atoms with Crippen LogP contribution in [0.4, 0.5) is 10.2 Å². The summed E-state index contributed by atoms with van der Waals surface area (Å²) in [6.07, 6.45) is 1.19. The van der Waals surface area contributed by atoms with Crippen molar-refractivity contribution < 1.29 is 4.39 Å². The van der Waals surface area contributed by atoms with E-state index in [1.165, 1.54) is 6.20 Å². The van der Waals surface area contributed by atoms with Crippen LogP contribution in [-0.4, -0.2) is 9.97 Å². The van der Waals surface area contributed by atoms with Crippen molar-refractivity contribution in [1.29, 1.82) is 0 Å². The molecule has 0 aliphatic heterocycles. The molecule has 48 valence electrons. The number of aromatic nitrogens is 2. The van der Waals surface area contributed by atoms with Gasteiger partial charge in [-0.25, -0.2) is 4.98 Å². The molecule has 0 unspecified atom stereocenters. The molecule has 0 fully saturated rings. The molecule has 0 bridgehead atoms. The minimum absolute atomic E-state index is 0.0249. The molecular formula is C4H3ClFN3. The Balaban J connectivity index is 3.17. The van der Waals surface area contributed by atoms with Crippen LogP contribution >= 0.6 is 11.6 Å². The van der Waals surface area contributed by atoms with Crippen molar-refractivity contribution in [3.05, 3.63) is 17.3 Å². The van der Waals surface area contributed by atoms with E-state index in [-0.39, 0.29) is 11.0 Å². The lowest BCUT2D eigenvalue weighted by Crippen LogP contribution is -1.94. The summed E-state index contributed by atoms with van der Waals surface area (Å²) in [6, 6.07) is 0. The van der Waals surface area contributed by atoms with Crippen molar-refractivity contribution in [3.8, 4) is 0 Å². The highest BCUT2D eigenvalue weighted by Crippen LogP contribution is 2.07. The Morgan fingerprint density at radius 3 is 2.78 bits per heavy atom. The van der Waals surface area contributed by atoms with Gasteiger partial charge in [0.15, 0.2) is 5.15 Å². The van der Waals surface area contributed by atoms with Crippen LogP contribution in [-0.2, 0) is 0 Å². The molecule has 3 nitrogen and oxygen atoms in total. The first kappa shape index (κ1) is 6.22. The van der Waals surface area contributed by atoms with E-state index in [2.05, 4.69) is 9.97 Å². The Kier molecular flexibility index (Phi) is 1.48. The van der Waals surface area contributed by atoms with E-state index in [1.54, 1.807) is 0 Å². The van der Waals surface area contributed by atoms with E-state index in [0.29, 0.717) is 0 Å². The van der Waals surface area contributed by atoms with E-state index in [4.69, 9.17) is 17.3 Å². The minimum atomic E-state index is -0.836. The number of nitrogens with two attached hydrogens (primary N) is 1. The highest BCUT2D eigenvalue weighted by Gasteiger charge is 1.99. The SMILES string of the molecule is Nc1cnc(Cl)c(F)n1. The molecule has 9 heavy (non-hydrogen) atoms. The summed E-state index contributed by atoms with van der Waals surface area (Å²) in [5.74, 6) is -0.812. The van der Waals surface area contributed by atoms with Gasteiger partial charge in [0.25, 0.3) is 5.95 Å². The van der Waals surface area contributed by atoms with E-state index in [9.17, 15) is 4.39 Å². The van der Waals surface area contributed by atoms with Crippen molar-refractivity contribution in [2.24, 2.45) is 0 Å². The molecular weight excluding hydrogens is 145 g/mol. The summed E-state index contributed by atoms with van der Waals surface area (Å²) in [5, 5.41) is -0.260. The fraction of sp³-hybridized carbons (Fsp3) is 0. The van der Waals surface area contributed by atoms with Crippen LogP contribution in [0.5, 0.6) is 0 Å². The van der Waals surface area contributed by atoms with Gasteiger partial charge in [0.05, 0.1) is 6.20 Å². The molecule has 0 aliphatic rings. The van der Waals surface area contributed by atoms with Gasteiger partial charge in [-0.05, 0) is 0 Å². The van der Waals surface area contributed by atoms with Gasteiger partial charge in [-0.1, -0.05) is 11.6 Å². The number of anilines is 1. The van der Waals surface area contributed by atoms with Gasteiger partial charge in [0.1, 0.15) is 5.82 Å². The summed E-state index contributed by atoms with van der Waals surface area (Å²) in [6.45, 7) is 0. The number of hydrogen-bond donors (Lipinski definition) is 1. The lowest BCUT2D eigenvalue weighted by molar-refractivity contribution is 0.579. The number of hydrogen-bond acceptors (Lipinski definition) is 3. The summed E-state index contributed by atoms with van der Waals surface area (Å²) in [7, 11) is 0. The monoisotopic (exact) mass is 147 g/mol. The zero-order chi connectivity index (χ0) is 6.85. The summed E-state index contributed by atoms with van der Waals surface area (Å²) in [4.78, 5) is 6.57. The van der Waals surface area contributed by atoms with Crippen molar-refractivity contribution in [3.63, 3.8) is 0 Å². The summed E-state index contributed by atoms with van der Waals surface area (Å²) >= 11 is 5.18. The molecule has 5 heteroatoms. The van der Waals surface area contributed by atoms with Crippen molar-refractivity contribution in [2.45, 2.75) is 0 Å². The highest BCUT2D eigenvalue weighted by molar-refractivity contribution is 6.29. The molecule has 0 aromatic carbocycles. The predicted molar refractivity (Wildman–Crippen MR) is 31.4 cm³/mol. The van der Waals surface area contributed by atoms with Crippen molar-refractivity contribution in [2.75, 3.05) is 5.73 Å². The molecule has 1 heterocycles. The van der Waals surface area contributed by atoms with E-state index in [0.717, 1.165) is 0 Å². The Morgan fingerprint density at radius 1 is 1.67 bits per heavy atom. The van der Waals surface area contributed by atoms with Crippen molar-refractivity contribution in [1.82, 2.24) is 9.97 Å². The average Bonchev–Trinajstić information content (AvgIpc) is 1.80. The molecule has 0 atom stereocenters. The second-order valence-corrected chi connectivity index (χ2v) is 1.73. The van der Waals surface area contributed by atoms with Gasteiger partial charge in [-0.15, -0.1) is 0 Å². The first-order valence-electron chi connectivity index (χ1n) is 2.13. The molecule has 0 amide bonds. The second kappa shape index (κ2) is 2.14. The van der Waals surface area contributed by atoms with Gasteiger partial charge < -0.3 is 5.73 Å². The molecule has 2 N–H and O–H groups in total. The number of halogens is 2. The number of rotatable bonds is 0. The second-order valence-electron chi connectivity index (χ2n) is 1.38. The normalized spacial score (nSPS) is 9.56. The molecule has 0 aliphatic carbocycles. The van der Waals surface area contributed by atoms with Gasteiger partial charge >= 0.3 is 0 Å². The highest BCUT2D eigenvalue weighted by atomic mass is 35.5. The maximum atomic E-state index is 12.2. The van der Waals surface area contributed by atoms with Crippen LogP contribution in [0.3, 0.4) is 0 Å². The van der Waals surface area contributed by atoms with E-state index >= 15 is 0 Å². The smallest absolute Gasteiger partial charge is 0.252 e. The fourth-order valence-corrected chi connectivity index (χ4v) is 0.455. The van der Waals surface area contributed by atoms with Crippen molar-refractivity contribution >= 4 is 17.4 Å². The van der Waals surface area contributed by atoms with E-state index < -0.39 is 5.95 Å². The van der Waals surface area contributed by atoms with Crippen LogP contribution in [0.1, 0.15) is 0 Å².